The van der Waals surface area contributed by atoms with Crippen molar-refractivity contribution in [1.29, 1.82) is 0 Å². The molecular weight excluding hydrogens is 280 g/mol. The van der Waals surface area contributed by atoms with Crippen molar-refractivity contribution in [3.63, 3.8) is 0 Å². The number of aromatic nitrogens is 3. The van der Waals surface area contributed by atoms with E-state index in [9.17, 15) is 0 Å². The molecule has 2 aromatic heterocycles. The summed E-state index contributed by atoms with van der Waals surface area (Å²) in [4.78, 5) is 12.1. The van der Waals surface area contributed by atoms with Gasteiger partial charge in [0.15, 0.2) is 5.13 Å². The predicted molar refractivity (Wildman–Crippen MR) is 79.7 cm³/mol. The Kier molecular flexibility index (Phi) is 3.40. The summed E-state index contributed by atoms with van der Waals surface area (Å²) >= 11 is 7.58. The molecule has 0 unspecified atom stereocenters. The molecule has 0 spiro atoms. The lowest BCUT2D eigenvalue weighted by atomic mass is 10.2. The Hall–Kier alpha value is -1.59. The predicted octanol–water partition coefficient (Wildman–Crippen LogP) is 3.43. The number of nitrogens with one attached hydrogen (secondary N) is 1. The molecule has 0 fully saturated rings. The van der Waals surface area contributed by atoms with Crippen molar-refractivity contribution in [2.45, 2.75) is 19.3 Å². The number of halogens is 1. The monoisotopic (exact) mass is 292 g/mol. The lowest BCUT2D eigenvalue weighted by molar-refractivity contribution is 0.774. The minimum atomic E-state index is 0.630. The molecule has 3 aromatic rings. The number of anilines is 1. The van der Waals surface area contributed by atoms with Crippen LogP contribution < -0.4 is 5.73 Å². The van der Waals surface area contributed by atoms with Gasteiger partial charge in [0.1, 0.15) is 11.3 Å². The highest BCUT2D eigenvalue weighted by molar-refractivity contribution is 7.13. The normalized spacial score (nSPS) is 11.2. The number of aryl methyl sites for hydroxylation is 2. The van der Waals surface area contributed by atoms with Crippen LogP contribution in [0.25, 0.3) is 11.0 Å². The van der Waals surface area contributed by atoms with Gasteiger partial charge >= 0.3 is 0 Å². The minimum Gasteiger partial charge on any atom is -0.375 e. The Morgan fingerprint density at radius 1 is 1.26 bits per heavy atom. The van der Waals surface area contributed by atoms with E-state index in [1.807, 2.05) is 23.6 Å². The van der Waals surface area contributed by atoms with Gasteiger partial charge in [-0.3, -0.25) is 0 Å². The van der Waals surface area contributed by atoms with Crippen molar-refractivity contribution >= 4 is 39.1 Å². The maximum absolute atomic E-state index is 6.10. The van der Waals surface area contributed by atoms with Gasteiger partial charge in [0, 0.05) is 11.8 Å². The van der Waals surface area contributed by atoms with Gasteiger partial charge in [-0.2, -0.15) is 0 Å². The van der Waals surface area contributed by atoms with Crippen molar-refractivity contribution in [3.8, 4) is 0 Å². The molecule has 0 aliphatic carbocycles. The van der Waals surface area contributed by atoms with Gasteiger partial charge in [-0.05, 0) is 25.0 Å². The van der Waals surface area contributed by atoms with Crippen molar-refractivity contribution in [2.75, 3.05) is 5.73 Å². The van der Waals surface area contributed by atoms with Gasteiger partial charge < -0.3 is 10.7 Å². The number of aromatic amines is 1. The van der Waals surface area contributed by atoms with Gasteiger partial charge in [-0.25, -0.2) is 9.97 Å². The van der Waals surface area contributed by atoms with E-state index in [0.29, 0.717) is 10.2 Å². The zero-order valence-electron chi connectivity index (χ0n) is 10.2. The van der Waals surface area contributed by atoms with Crippen LogP contribution >= 0.6 is 22.9 Å². The molecular formula is C13H13ClN4S. The molecule has 1 aromatic carbocycles. The second kappa shape index (κ2) is 5.19. The smallest absolute Gasteiger partial charge is 0.180 e. The van der Waals surface area contributed by atoms with E-state index in [0.717, 1.165) is 41.8 Å². The van der Waals surface area contributed by atoms with Crippen molar-refractivity contribution in [1.82, 2.24) is 15.0 Å². The number of benzene rings is 1. The molecule has 0 bridgehead atoms. The fourth-order valence-corrected chi connectivity index (χ4v) is 2.86. The third-order valence-corrected chi connectivity index (χ3v) is 3.96. The second-order valence-corrected chi connectivity index (χ2v) is 5.65. The van der Waals surface area contributed by atoms with Crippen LogP contribution in [-0.4, -0.2) is 15.0 Å². The Bertz CT molecular complexity index is 704. The molecule has 0 atom stereocenters. The molecule has 0 amide bonds. The highest BCUT2D eigenvalue weighted by atomic mass is 35.5. The molecule has 0 aliphatic heterocycles. The van der Waals surface area contributed by atoms with E-state index in [4.69, 9.17) is 17.3 Å². The first-order valence-corrected chi connectivity index (χ1v) is 7.31. The number of H-pyrrole nitrogens is 1. The zero-order valence-corrected chi connectivity index (χ0v) is 11.8. The number of thiazole rings is 1. The van der Waals surface area contributed by atoms with E-state index in [2.05, 4.69) is 15.0 Å². The lowest BCUT2D eigenvalue weighted by Gasteiger charge is -1.95. The van der Waals surface area contributed by atoms with Crippen LogP contribution in [0.15, 0.2) is 23.6 Å². The van der Waals surface area contributed by atoms with Crippen LogP contribution in [0.5, 0.6) is 0 Å². The topological polar surface area (TPSA) is 67.6 Å². The molecule has 0 saturated heterocycles. The Morgan fingerprint density at radius 2 is 2.16 bits per heavy atom. The Morgan fingerprint density at radius 3 is 2.89 bits per heavy atom. The van der Waals surface area contributed by atoms with Crippen LogP contribution in [0, 0.1) is 0 Å². The number of para-hydroxylation sites is 1. The van der Waals surface area contributed by atoms with Crippen LogP contribution in [0.1, 0.15) is 17.9 Å². The van der Waals surface area contributed by atoms with Crippen molar-refractivity contribution in [3.05, 3.63) is 40.1 Å². The average Bonchev–Trinajstić information content (AvgIpc) is 2.97. The van der Waals surface area contributed by atoms with Crippen LogP contribution in [-0.2, 0) is 12.8 Å². The fraction of sp³-hybridized carbons (Fsp3) is 0.231. The molecule has 3 rings (SSSR count). The van der Waals surface area contributed by atoms with E-state index < -0.39 is 0 Å². The summed E-state index contributed by atoms with van der Waals surface area (Å²) in [5.74, 6) is 0.964. The highest BCUT2D eigenvalue weighted by Gasteiger charge is 2.06. The van der Waals surface area contributed by atoms with Crippen LogP contribution in [0.4, 0.5) is 5.13 Å². The Balaban J connectivity index is 1.67. The van der Waals surface area contributed by atoms with Crippen LogP contribution in [0.3, 0.4) is 0 Å². The summed E-state index contributed by atoms with van der Waals surface area (Å²) in [6.07, 6.45) is 2.78. The summed E-state index contributed by atoms with van der Waals surface area (Å²) in [6, 6.07) is 5.76. The van der Waals surface area contributed by atoms with Gasteiger partial charge in [-0.1, -0.05) is 17.7 Å². The third-order valence-electron chi connectivity index (χ3n) is 2.93. The minimum absolute atomic E-state index is 0.630. The average molecular weight is 293 g/mol. The van der Waals surface area contributed by atoms with E-state index >= 15 is 0 Å². The lowest BCUT2D eigenvalue weighted by Crippen LogP contribution is -1.93. The number of hydrogen-bond acceptors (Lipinski definition) is 4. The summed E-state index contributed by atoms with van der Waals surface area (Å²) in [6.45, 7) is 0. The molecule has 19 heavy (non-hydrogen) atoms. The van der Waals surface area contributed by atoms with Gasteiger partial charge in [0.05, 0.1) is 16.2 Å². The maximum atomic E-state index is 6.10. The largest absolute Gasteiger partial charge is 0.375 e. The molecule has 98 valence electrons. The van der Waals surface area contributed by atoms with Crippen LogP contribution in [0.2, 0.25) is 5.02 Å². The quantitative estimate of drug-likeness (QED) is 0.774. The number of imidazole rings is 1. The number of rotatable bonds is 4. The van der Waals surface area contributed by atoms with Crippen molar-refractivity contribution < 1.29 is 0 Å². The van der Waals surface area contributed by atoms with Gasteiger partial charge in [0.25, 0.3) is 0 Å². The van der Waals surface area contributed by atoms with Gasteiger partial charge in [0.2, 0.25) is 0 Å². The molecule has 0 saturated carbocycles. The summed E-state index contributed by atoms with van der Waals surface area (Å²) < 4.78 is 0. The first-order valence-electron chi connectivity index (χ1n) is 6.05. The first kappa shape index (κ1) is 12.4. The van der Waals surface area contributed by atoms with E-state index in [1.54, 1.807) is 0 Å². The Labute approximate surface area is 119 Å². The third kappa shape index (κ3) is 2.72. The number of fused-ring (bicyclic) bond motifs is 1. The van der Waals surface area contributed by atoms with E-state index in [1.165, 1.54) is 11.3 Å². The fourth-order valence-electron chi connectivity index (χ4n) is 2.04. The SMILES string of the molecule is Nc1nc(CCCc2nc3c(Cl)cccc3[nH]2)cs1. The molecule has 6 heteroatoms. The van der Waals surface area contributed by atoms with Gasteiger partial charge in [-0.15, -0.1) is 11.3 Å². The summed E-state index contributed by atoms with van der Waals surface area (Å²) in [5, 5.41) is 3.32. The first-order chi connectivity index (χ1) is 9.22. The van der Waals surface area contributed by atoms with Crippen molar-refractivity contribution in [2.24, 2.45) is 0 Å². The van der Waals surface area contributed by atoms with E-state index in [-0.39, 0.29) is 0 Å². The molecule has 0 radical (unpaired) electrons. The summed E-state index contributed by atoms with van der Waals surface area (Å²) in [5.41, 5.74) is 8.49. The standard InChI is InChI=1S/C13H13ClN4S/c14-9-4-2-5-10-12(9)18-11(17-10)6-1-3-8-7-19-13(15)16-8/h2,4-5,7H,1,3,6H2,(H2,15,16)(H,17,18). The molecule has 3 N–H and O–H groups in total. The number of hydrogen-bond donors (Lipinski definition) is 2. The molecule has 0 aliphatic rings. The number of nitrogens with two attached hydrogens (primary N) is 1. The zero-order chi connectivity index (χ0) is 13.2. The second-order valence-electron chi connectivity index (χ2n) is 4.35. The maximum Gasteiger partial charge on any atom is 0.180 e. The number of nitrogens with zero attached hydrogens (tertiary/aromatic N) is 2. The molecule has 2 heterocycles. The molecule has 4 nitrogen and oxygen atoms in total. The highest BCUT2D eigenvalue weighted by Crippen LogP contribution is 2.21. The number of nitrogen functional groups attached to an aromatic ring is 1. The summed E-state index contributed by atoms with van der Waals surface area (Å²) in [7, 11) is 0.